The van der Waals surface area contributed by atoms with Crippen molar-refractivity contribution >= 4 is 21.6 Å². The van der Waals surface area contributed by atoms with E-state index >= 15 is 0 Å². The van der Waals surface area contributed by atoms with Crippen LogP contribution in [0, 0.1) is 6.92 Å². The van der Waals surface area contributed by atoms with Gasteiger partial charge in [-0.2, -0.15) is 0 Å². The summed E-state index contributed by atoms with van der Waals surface area (Å²) in [5, 5.41) is 0. The highest BCUT2D eigenvalue weighted by atomic mass is 32.2. The first-order valence-electron chi connectivity index (χ1n) is 9.82. The number of carbonyl (C=O) groups excluding carboxylic acids is 1. The zero-order valence-electron chi connectivity index (χ0n) is 17.4. The average molecular weight is 423 g/mol. The van der Waals surface area contributed by atoms with E-state index in [1.165, 1.54) is 4.31 Å². The van der Waals surface area contributed by atoms with Crippen LogP contribution < -0.4 is 4.31 Å². The van der Waals surface area contributed by atoms with E-state index in [4.69, 9.17) is 0 Å². The summed E-state index contributed by atoms with van der Waals surface area (Å²) in [6.07, 6.45) is 0. The van der Waals surface area contributed by atoms with Gasteiger partial charge in [0.25, 0.3) is 15.9 Å². The van der Waals surface area contributed by atoms with E-state index in [2.05, 4.69) is 6.07 Å². The zero-order valence-corrected chi connectivity index (χ0v) is 18.3. The molecule has 0 heterocycles. The molecule has 156 valence electrons. The van der Waals surface area contributed by atoms with Gasteiger partial charge in [-0.15, -0.1) is 0 Å². The predicted octanol–water partition coefficient (Wildman–Crippen LogP) is 4.48. The molecule has 0 aliphatic carbocycles. The smallest absolute Gasteiger partial charge is 0.264 e. The summed E-state index contributed by atoms with van der Waals surface area (Å²) < 4.78 is 27.3. The van der Waals surface area contributed by atoms with Gasteiger partial charge >= 0.3 is 0 Å². The Labute approximate surface area is 178 Å². The molecule has 30 heavy (non-hydrogen) atoms. The largest absolute Gasteiger partial charge is 0.337 e. The van der Waals surface area contributed by atoms with Gasteiger partial charge in [0.15, 0.2) is 0 Å². The van der Waals surface area contributed by atoms with Gasteiger partial charge in [-0.3, -0.25) is 9.10 Å². The minimum absolute atomic E-state index is 0.114. The van der Waals surface area contributed by atoms with Crippen molar-refractivity contribution in [3.8, 4) is 0 Å². The molecule has 6 heteroatoms. The number of nitrogens with zero attached hydrogens (tertiary/aromatic N) is 2. The van der Waals surface area contributed by atoms with Gasteiger partial charge < -0.3 is 4.90 Å². The van der Waals surface area contributed by atoms with Gasteiger partial charge in [-0.25, -0.2) is 8.42 Å². The maximum atomic E-state index is 13.0. The van der Waals surface area contributed by atoms with E-state index in [0.717, 1.165) is 11.1 Å². The van der Waals surface area contributed by atoms with E-state index in [1.807, 2.05) is 25.1 Å². The van der Waals surface area contributed by atoms with Gasteiger partial charge in [0.05, 0.1) is 10.6 Å². The van der Waals surface area contributed by atoms with Gasteiger partial charge in [0, 0.05) is 25.7 Å². The van der Waals surface area contributed by atoms with Crippen molar-refractivity contribution in [2.45, 2.75) is 25.3 Å². The Morgan fingerprint density at radius 2 is 1.57 bits per heavy atom. The molecule has 0 bridgehead atoms. The van der Waals surface area contributed by atoms with Crippen LogP contribution in [0.5, 0.6) is 0 Å². The molecule has 0 atom stereocenters. The third kappa shape index (κ3) is 4.71. The Hall–Kier alpha value is -3.12. The molecule has 0 aliphatic rings. The molecule has 0 N–H and O–H groups in total. The van der Waals surface area contributed by atoms with Crippen molar-refractivity contribution in [1.82, 2.24) is 4.90 Å². The maximum absolute atomic E-state index is 13.0. The lowest BCUT2D eigenvalue weighted by molar-refractivity contribution is 0.0785. The maximum Gasteiger partial charge on any atom is 0.264 e. The Kier molecular flexibility index (Phi) is 6.57. The number of rotatable bonds is 7. The number of anilines is 1. The van der Waals surface area contributed by atoms with Crippen molar-refractivity contribution in [2.75, 3.05) is 17.9 Å². The van der Waals surface area contributed by atoms with Crippen molar-refractivity contribution in [1.29, 1.82) is 0 Å². The van der Waals surface area contributed by atoms with Gasteiger partial charge in [-0.05, 0) is 55.8 Å². The van der Waals surface area contributed by atoms with E-state index < -0.39 is 10.0 Å². The lowest BCUT2D eigenvalue weighted by atomic mass is 10.1. The Morgan fingerprint density at radius 3 is 2.17 bits per heavy atom. The van der Waals surface area contributed by atoms with Crippen LogP contribution in [-0.2, 0) is 16.6 Å². The molecule has 5 nitrogen and oxygen atoms in total. The molecule has 0 unspecified atom stereocenters. The molecule has 3 rings (SSSR count). The monoisotopic (exact) mass is 422 g/mol. The SMILES string of the molecule is CCN(c1ccc(C(=O)N(C)Cc2cccc(C)c2)cc1)S(=O)(=O)c1ccccc1. The summed E-state index contributed by atoms with van der Waals surface area (Å²) in [6.45, 7) is 4.60. The molecule has 0 saturated heterocycles. The second-order valence-corrected chi connectivity index (χ2v) is 9.04. The molecule has 0 spiro atoms. The van der Waals surface area contributed by atoms with Crippen LogP contribution in [0.2, 0.25) is 0 Å². The quantitative estimate of drug-likeness (QED) is 0.564. The first-order valence-corrected chi connectivity index (χ1v) is 11.3. The molecule has 3 aromatic carbocycles. The highest BCUT2D eigenvalue weighted by molar-refractivity contribution is 7.92. The highest BCUT2D eigenvalue weighted by Crippen LogP contribution is 2.24. The predicted molar refractivity (Wildman–Crippen MR) is 120 cm³/mol. The molecular weight excluding hydrogens is 396 g/mol. The number of carbonyl (C=O) groups is 1. The third-order valence-electron chi connectivity index (χ3n) is 4.87. The highest BCUT2D eigenvalue weighted by Gasteiger charge is 2.23. The zero-order chi connectivity index (χ0) is 21.7. The summed E-state index contributed by atoms with van der Waals surface area (Å²) in [6, 6.07) is 23.1. The topological polar surface area (TPSA) is 57.7 Å². The fourth-order valence-corrected chi connectivity index (χ4v) is 4.85. The summed E-state index contributed by atoms with van der Waals surface area (Å²) in [5.74, 6) is -0.114. The minimum Gasteiger partial charge on any atom is -0.337 e. The lowest BCUT2D eigenvalue weighted by Gasteiger charge is -2.23. The molecule has 0 saturated carbocycles. The number of aryl methyl sites for hydroxylation is 1. The van der Waals surface area contributed by atoms with Crippen LogP contribution in [0.3, 0.4) is 0 Å². The van der Waals surface area contributed by atoms with Crippen LogP contribution in [0.15, 0.2) is 83.8 Å². The fourth-order valence-electron chi connectivity index (χ4n) is 3.36. The van der Waals surface area contributed by atoms with Crippen molar-refractivity contribution in [3.05, 3.63) is 95.6 Å². The molecule has 3 aromatic rings. The van der Waals surface area contributed by atoms with E-state index in [9.17, 15) is 13.2 Å². The lowest BCUT2D eigenvalue weighted by Crippen LogP contribution is -2.31. The Bertz CT molecular complexity index is 1110. The number of amides is 1. The molecular formula is C24H26N2O3S. The second kappa shape index (κ2) is 9.13. The summed E-state index contributed by atoms with van der Waals surface area (Å²) >= 11 is 0. The molecule has 1 amide bonds. The van der Waals surface area contributed by atoms with E-state index in [1.54, 1.807) is 73.5 Å². The minimum atomic E-state index is -3.66. The number of sulfonamides is 1. The summed E-state index contributed by atoms with van der Waals surface area (Å²) in [5.41, 5.74) is 3.26. The first-order chi connectivity index (χ1) is 14.3. The molecule has 0 aliphatic heterocycles. The van der Waals surface area contributed by atoms with Crippen LogP contribution in [0.4, 0.5) is 5.69 Å². The van der Waals surface area contributed by atoms with E-state index in [0.29, 0.717) is 17.8 Å². The molecule has 0 fully saturated rings. The van der Waals surface area contributed by atoms with Gasteiger partial charge in [0.1, 0.15) is 0 Å². The Morgan fingerprint density at radius 1 is 0.900 bits per heavy atom. The van der Waals surface area contributed by atoms with Gasteiger partial charge in [0.2, 0.25) is 0 Å². The summed E-state index contributed by atoms with van der Waals surface area (Å²) in [4.78, 5) is 14.7. The molecule has 0 radical (unpaired) electrons. The molecule has 0 aromatic heterocycles. The van der Waals surface area contributed by atoms with Crippen LogP contribution in [0.25, 0.3) is 0 Å². The number of hydrogen-bond acceptors (Lipinski definition) is 3. The average Bonchev–Trinajstić information content (AvgIpc) is 2.74. The standard InChI is InChI=1S/C24H26N2O3S/c1-4-26(30(28,29)23-11-6-5-7-12-23)22-15-13-21(14-16-22)24(27)25(3)18-20-10-8-9-19(2)17-20/h5-17H,4,18H2,1-3H3. The third-order valence-corrected chi connectivity index (χ3v) is 6.79. The van der Waals surface area contributed by atoms with E-state index in [-0.39, 0.29) is 17.3 Å². The van der Waals surface area contributed by atoms with Crippen LogP contribution in [-0.4, -0.2) is 32.8 Å². The first kappa shape index (κ1) is 21.6. The number of hydrogen-bond donors (Lipinski definition) is 0. The normalized spacial score (nSPS) is 11.2. The fraction of sp³-hybridized carbons (Fsp3) is 0.208. The summed E-state index contributed by atoms with van der Waals surface area (Å²) in [7, 11) is -1.90. The van der Waals surface area contributed by atoms with Gasteiger partial charge in [-0.1, -0.05) is 48.0 Å². The number of benzene rings is 3. The Balaban J connectivity index is 1.78. The van der Waals surface area contributed by atoms with Crippen molar-refractivity contribution in [2.24, 2.45) is 0 Å². The van der Waals surface area contributed by atoms with Crippen LogP contribution in [0.1, 0.15) is 28.4 Å². The van der Waals surface area contributed by atoms with Crippen molar-refractivity contribution < 1.29 is 13.2 Å². The van der Waals surface area contributed by atoms with Crippen LogP contribution >= 0.6 is 0 Å². The second-order valence-electron chi connectivity index (χ2n) is 7.18. The van der Waals surface area contributed by atoms with Crippen molar-refractivity contribution in [3.63, 3.8) is 0 Å².